The fourth-order valence-corrected chi connectivity index (χ4v) is 2.99. The van der Waals surface area contributed by atoms with Crippen LogP contribution in [0.1, 0.15) is 23.9 Å². The van der Waals surface area contributed by atoms with Crippen molar-refractivity contribution in [2.45, 2.75) is 31.6 Å². The first-order valence-corrected chi connectivity index (χ1v) is 7.38. The molecule has 1 amide bonds. The molecule has 2 aromatic rings. The molecule has 22 heavy (non-hydrogen) atoms. The number of hydrogen-bond donors (Lipinski definition) is 2. The van der Waals surface area contributed by atoms with Gasteiger partial charge in [-0.25, -0.2) is 20.5 Å². The lowest BCUT2D eigenvalue weighted by Crippen LogP contribution is -2.48. The van der Waals surface area contributed by atoms with Crippen LogP contribution in [0, 0.1) is 0 Å². The Bertz CT molecular complexity index is 671. The lowest BCUT2D eigenvalue weighted by molar-refractivity contribution is -0.134. The monoisotopic (exact) mass is 299 g/mol. The van der Waals surface area contributed by atoms with Crippen molar-refractivity contribution >= 4 is 5.91 Å². The number of fused-ring (bicyclic) bond motifs is 1. The third-order valence-corrected chi connectivity index (χ3v) is 4.21. The fraction of sp³-hybridized carbons (Fsp3) is 0.429. The molecule has 1 saturated heterocycles. The number of hydrazine groups is 1. The summed E-state index contributed by atoms with van der Waals surface area (Å²) in [6, 6.07) is 3.81. The van der Waals surface area contributed by atoms with E-state index in [0.29, 0.717) is 26.1 Å². The van der Waals surface area contributed by atoms with E-state index < -0.39 is 0 Å². The topological polar surface area (TPSA) is 88.0 Å². The van der Waals surface area contributed by atoms with Crippen LogP contribution >= 0.6 is 0 Å². The van der Waals surface area contributed by atoms with E-state index in [9.17, 15) is 4.79 Å². The zero-order chi connectivity index (χ0) is 14.9. The van der Waals surface area contributed by atoms with E-state index in [1.807, 2.05) is 27.9 Å². The van der Waals surface area contributed by atoms with Crippen LogP contribution in [-0.2, 0) is 17.9 Å². The van der Waals surface area contributed by atoms with Gasteiger partial charge in [-0.1, -0.05) is 6.07 Å². The Labute approximate surface area is 127 Å². The minimum Gasteiger partial charge on any atom is -0.332 e. The van der Waals surface area contributed by atoms with Crippen LogP contribution in [-0.4, -0.2) is 43.1 Å². The highest BCUT2D eigenvalue weighted by molar-refractivity contribution is 5.82. The van der Waals surface area contributed by atoms with Gasteiger partial charge in [-0.2, -0.15) is 5.10 Å². The third-order valence-electron chi connectivity index (χ3n) is 4.21. The predicted molar refractivity (Wildman–Crippen MR) is 77.1 cm³/mol. The van der Waals surface area contributed by atoms with Gasteiger partial charge < -0.3 is 4.90 Å². The average molecular weight is 299 g/mol. The van der Waals surface area contributed by atoms with E-state index in [-0.39, 0.29) is 18.0 Å². The molecule has 1 fully saturated rings. The standard InChI is InChI=1S/C14H17N7O/c22-14(20-4-5-21-13(8-20)16-9-17-21)12-6-11(18-19-12)10-2-1-3-15-7-10/h1-3,7,9,11-12,18-19H,4-6,8H2. The summed E-state index contributed by atoms with van der Waals surface area (Å²) in [6.45, 7) is 1.90. The van der Waals surface area contributed by atoms with Crippen molar-refractivity contribution in [2.75, 3.05) is 6.54 Å². The van der Waals surface area contributed by atoms with Crippen molar-refractivity contribution < 1.29 is 4.79 Å². The van der Waals surface area contributed by atoms with E-state index in [2.05, 4.69) is 25.9 Å². The van der Waals surface area contributed by atoms with Crippen molar-refractivity contribution in [2.24, 2.45) is 0 Å². The number of amides is 1. The van der Waals surface area contributed by atoms with Gasteiger partial charge in [-0.15, -0.1) is 0 Å². The van der Waals surface area contributed by atoms with Gasteiger partial charge in [-0.05, 0) is 18.1 Å². The van der Waals surface area contributed by atoms with E-state index in [1.165, 1.54) is 6.33 Å². The maximum Gasteiger partial charge on any atom is 0.241 e. The van der Waals surface area contributed by atoms with Gasteiger partial charge in [0.25, 0.3) is 0 Å². The molecule has 2 aliphatic rings. The maximum atomic E-state index is 12.7. The van der Waals surface area contributed by atoms with E-state index in [4.69, 9.17) is 0 Å². The van der Waals surface area contributed by atoms with Crippen molar-refractivity contribution in [3.05, 3.63) is 42.2 Å². The van der Waals surface area contributed by atoms with Crippen LogP contribution in [0.25, 0.3) is 0 Å². The zero-order valence-electron chi connectivity index (χ0n) is 12.0. The maximum absolute atomic E-state index is 12.7. The molecular formula is C14H17N7O. The molecule has 0 saturated carbocycles. The van der Waals surface area contributed by atoms with Gasteiger partial charge in [0.05, 0.1) is 13.1 Å². The van der Waals surface area contributed by atoms with Gasteiger partial charge in [0, 0.05) is 25.0 Å². The van der Waals surface area contributed by atoms with Gasteiger partial charge in [-0.3, -0.25) is 9.78 Å². The molecule has 2 N–H and O–H groups in total. The van der Waals surface area contributed by atoms with Crippen LogP contribution in [0.4, 0.5) is 0 Å². The first-order valence-electron chi connectivity index (χ1n) is 7.38. The number of pyridine rings is 1. The van der Waals surface area contributed by atoms with Crippen LogP contribution in [0.15, 0.2) is 30.9 Å². The zero-order valence-corrected chi connectivity index (χ0v) is 12.0. The number of hydrogen-bond acceptors (Lipinski definition) is 6. The Morgan fingerprint density at radius 2 is 2.27 bits per heavy atom. The molecule has 8 nitrogen and oxygen atoms in total. The number of aromatic nitrogens is 4. The lowest BCUT2D eigenvalue weighted by Gasteiger charge is -2.28. The Kier molecular flexibility index (Phi) is 3.32. The number of nitrogens with one attached hydrogen (secondary N) is 2. The van der Waals surface area contributed by atoms with E-state index in [1.54, 1.807) is 6.20 Å². The summed E-state index contributed by atoms with van der Waals surface area (Å²) in [5, 5.41) is 4.13. The molecule has 2 aromatic heterocycles. The van der Waals surface area contributed by atoms with Gasteiger partial charge in [0.1, 0.15) is 18.2 Å². The second-order valence-electron chi connectivity index (χ2n) is 5.58. The van der Waals surface area contributed by atoms with Crippen molar-refractivity contribution in [1.29, 1.82) is 0 Å². The number of carbonyl (C=O) groups is 1. The summed E-state index contributed by atoms with van der Waals surface area (Å²) in [4.78, 5) is 22.8. The molecule has 0 aliphatic carbocycles. The molecule has 2 unspecified atom stereocenters. The SMILES string of the molecule is O=C(C1CC(c2cccnc2)NN1)N1CCn2ncnc2C1. The Hall–Kier alpha value is -2.32. The van der Waals surface area contributed by atoms with E-state index in [0.717, 1.165) is 11.4 Å². The summed E-state index contributed by atoms with van der Waals surface area (Å²) in [6.07, 6.45) is 5.83. The Balaban J connectivity index is 1.42. The quantitative estimate of drug-likeness (QED) is 0.786. The lowest BCUT2D eigenvalue weighted by atomic mass is 10.0. The fourth-order valence-electron chi connectivity index (χ4n) is 2.99. The highest BCUT2D eigenvalue weighted by atomic mass is 16.2. The molecule has 2 aliphatic heterocycles. The Morgan fingerprint density at radius 3 is 3.14 bits per heavy atom. The predicted octanol–water partition coefficient (Wildman–Crippen LogP) is -0.377. The number of carbonyl (C=O) groups excluding carboxylic acids is 1. The van der Waals surface area contributed by atoms with Crippen molar-refractivity contribution in [1.82, 2.24) is 35.5 Å². The molecule has 0 aromatic carbocycles. The first kappa shape index (κ1) is 13.4. The minimum absolute atomic E-state index is 0.105. The van der Waals surface area contributed by atoms with Crippen LogP contribution in [0.2, 0.25) is 0 Å². The highest BCUT2D eigenvalue weighted by Crippen LogP contribution is 2.23. The van der Waals surface area contributed by atoms with Crippen molar-refractivity contribution in [3.63, 3.8) is 0 Å². The van der Waals surface area contributed by atoms with Crippen molar-refractivity contribution in [3.8, 4) is 0 Å². The second kappa shape index (κ2) is 5.47. The summed E-state index contributed by atoms with van der Waals surface area (Å²) < 4.78 is 1.85. The largest absolute Gasteiger partial charge is 0.332 e. The molecule has 8 heteroatoms. The number of rotatable bonds is 2. The van der Waals surface area contributed by atoms with Gasteiger partial charge in [0.2, 0.25) is 5.91 Å². The molecule has 114 valence electrons. The Morgan fingerprint density at radius 1 is 1.32 bits per heavy atom. The second-order valence-corrected chi connectivity index (χ2v) is 5.58. The minimum atomic E-state index is -0.223. The molecule has 2 atom stereocenters. The summed E-state index contributed by atoms with van der Waals surface area (Å²) in [7, 11) is 0. The van der Waals surface area contributed by atoms with Crippen LogP contribution in [0.3, 0.4) is 0 Å². The molecule has 4 heterocycles. The number of nitrogens with zero attached hydrogens (tertiary/aromatic N) is 5. The third kappa shape index (κ3) is 2.36. The molecule has 0 bridgehead atoms. The average Bonchev–Trinajstić information content (AvgIpc) is 3.23. The smallest absolute Gasteiger partial charge is 0.241 e. The van der Waals surface area contributed by atoms with E-state index >= 15 is 0 Å². The molecule has 0 spiro atoms. The molecular weight excluding hydrogens is 282 g/mol. The normalized spacial score (nSPS) is 24.3. The van der Waals surface area contributed by atoms with Gasteiger partial charge in [0.15, 0.2) is 0 Å². The summed E-state index contributed by atoms with van der Waals surface area (Å²) in [5.74, 6) is 0.947. The van der Waals surface area contributed by atoms with Crippen LogP contribution in [0.5, 0.6) is 0 Å². The summed E-state index contributed by atoms with van der Waals surface area (Å²) in [5.41, 5.74) is 7.38. The van der Waals surface area contributed by atoms with Crippen LogP contribution < -0.4 is 10.9 Å². The first-order chi connectivity index (χ1) is 10.8. The molecule has 4 rings (SSSR count). The van der Waals surface area contributed by atoms with Gasteiger partial charge >= 0.3 is 0 Å². The summed E-state index contributed by atoms with van der Waals surface area (Å²) >= 11 is 0. The highest BCUT2D eigenvalue weighted by Gasteiger charge is 2.34. The molecule has 0 radical (unpaired) electrons.